The molecule has 1 nitrogen and oxygen atoms in total. The molecule has 2 heteroatoms. The summed E-state index contributed by atoms with van der Waals surface area (Å²) in [6.45, 7) is 4.47. The lowest BCUT2D eigenvalue weighted by atomic mass is 10.0. The van der Waals surface area contributed by atoms with Gasteiger partial charge in [0.05, 0.1) is 0 Å². The minimum absolute atomic E-state index is 0.257. The summed E-state index contributed by atoms with van der Waals surface area (Å²) in [5.41, 5.74) is 6.00. The lowest BCUT2D eigenvalue weighted by Gasteiger charge is -2.10. The van der Waals surface area contributed by atoms with Gasteiger partial charge < -0.3 is 5.73 Å². The van der Waals surface area contributed by atoms with E-state index in [9.17, 15) is 0 Å². The first-order valence-corrected chi connectivity index (χ1v) is 5.37. The molecule has 0 amide bonds. The van der Waals surface area contributed by atoms with E-state index in [0.717, 1.165) is 12.3 Å². The van der Waals surface area contributed by atoms with Crippen LogP contribution in [0, 0.1) is 5.92 Å². The molecule has 1 unspecified atom stereocenters. The molecular formula is C10H17NS. The third-order valence-corrected chi connectivity index (χ3v) is 2.97. The fraction of sp³-hybridized carbons (Fsp3) is 0.600. The van der Waals surface area contributed by atoms with Crippen molar-refractivity contribution in [2.24, 2.45) is 11.7 Å². The average Bonchev–Trinajstić information content (AvgIpc) is 2.51. The normalized spacial score (nSPS) is 13.7. The van der Waals surface area contributed by atoms with Gasteiger partial charge in [0, 0.05) is 10.9 Å². The van der Waals surface area contributed by atoms with Crippen molar-refractivity contribution in [3.05, 3.63) is 22.4 Å². The Morgan fingerprint density at radius 3 is 2.67 bits per heavy atom. The van der Waals surface area contributed by atoms with Gasteiger partial charge in [-0.05, 0) is 30.2 Å². The molecule has 1 heterocycles. The highest BCUT2D eigenvalue weighted by atomic mass is 32.1. The summed E-state index contributed by atoms with van der Waals surface area (Å²) in [6, 6.07) is 4.44. The summed E-state index contributed by atoms with van der Waals surface area (Å²) in [7, 11) is 0. The minimum Gasteiger partial charge on any atom is -0.323 e. The van der Waals surface area contributed by atoms with Crippen LogP contribution in [0.4, 0.5) is 0 Å². The molecule has 0 fully saturated rings. The van der Waals surface area contributed by atoms with Crippen molar-refractivity contribution in [2.45, 2.75) is 32.7 Å². The Morgan fingerprint density at radius 1 is 1.42 bits per heavy atom. The third kappa shape index (κ3) is 2.95. The molecule has 2 N–H and O–H groups in total. The van der Waals surface area contributed by atoms with Crippen LogP contribution >= 0.6 is 11.3 Å². The van der Waals surface area contributed by atoms with Crippen LogP contribution in [0.15, 0.2) is 17.5 Å². The van der Waals surface area contributed by atoms with E-state index in [4.69, 9.17) is 5.73 Å². The van der Waals surface area contributed by atoms with Gasteiger partial charge in [-0.15, -0.1) is 11.3 Å². The van der Waals surface area contributed by atoms with Gasteiger partial charge in [-0.25, -0.2) is 0 Å². The van der Waals surface area contributed by atoms with Gasteiger partial charge in [0.2, 0.25) is 0 Å². The topological polar surface area (TPSA) is 26.0 Å². The summed E-state index contributed by atoms with van der Waals surface area (Å²) >= 11 is 1.76. The first-order chi connectivity index (χ1) is 5.70. The first-order valence-electron chi connectivity index (χ1n) is 4.49. The lowest BCUT2D eigenvalue weighted by molar-refractivity contribution is 0.510. The molecule has 12 heavy (non-hydrogen) atoms. The van der Waals surface area contributed by atoms with E-state index in [2.05, 4.69) is 31.4 Å². The Bertz CT molecular complexity index is 204. The Kier molecular flexibility index (Phi) is 3.76. The van der Waals surface area contributed by atoms with E-state index >= 15 is 0 Å². The molecule has 0 aliphatic heterocycles. The van der Waals surface area contributed by atoms with E-state index in [0.29, 0.717) is 0 Å². The van der Waals surface area contributed by atoms with E-state index in [-0.39, 0.29) is 6.04 Å². The van der Waals surface area contributed by atoms with Crippen molar-refractivity contribution < 1.29 is 0 Å². The second-order valence-corrected chi connectivity index (χ2v) is 4.57. The smallest absolute Gasteiger partial charge is 0.0389 e. The maximum atomic E-state index is 6.00. The predicted molar refractivity (Wildman–Crippen MR) is 55.3 cm³/mol. The van der Waals surface area contributed by atoms with Crippen LogP contribution in [-0.2, 0) is 0 Å². The van der Waals surface area contributed by atoms with Crippen LogP contribution in [0.1, 0.15) is 37.6 Å². The molecule has 0 spiro atoms. The van der Waals surface area contributed by atoms with Crippen LogP contribution in [0.2, 0.25) is 0 Å². The molecule has 0 saturated heterocycles. The number of hydrogen-bond acceptors (Lipinski definition) is 2. The number of rotatable bonds is 4. The van der Waals surface area contributed by atoms with Crippen LogP contribution < -0.4 is 5.73 Å². The van der Waals surface area contributed by atoms with Crippen LogP contribution in [0.25, 0.3) is 0 Å². The SMILES string of the molecule is CC(C)CCC(N)c1cccs1. The largest absolute Gasteiger partial charge is 0.323 e. The summed E-state index contributed by atoms with van der Waals surface area (Å²) < 4.78 is 0. The van der Waals surface area contributed by atoms with Crippen LogP contribution in [0.3, 0.4) is 0 Å². The maximum Gasteiger partial charge on any atom is 0.0389 e. The van der Waals surface area contributed by atoms with E-state index < -0.39 is 0 Å². The molecule has 0 aromatic carbocycles. The van der Waals surface area contributed by atoms with Gasteiger partial charge >= 0.3 is 0 Å². The van der Waals surface area contributed by atoms with Crippen molar-refractivity contribution >= 4 is 11.3 Å². The number of thiophene rings is 1. The van der Waals surface area contributed by atoms with Crippen molar-refractivity contribution in [3.8, 4) is 0 Å². The number of hydrogen-bond donors (Lipinski definition) is 1. The second-order valence-electron chi connectivity index (χ2n) is 3.59. The molecule has 1 rings (SSSR count). The highest BCUT2D eigenvalue weighted by Crippen LogP contribution is 2.22. The zero-order valence-electron chi connectivity index (χ0n) is 7.79. The molecule has 0 aliphatic rings. The summed E-state index contributed by atoms with van der Waals surface area (Å²) in [6.07, 6.45) is 2.33. The second kappa shape index (κ2) is 4.63. The van der Waals surface area contributed by atoms with E-state index in [1.807, 2.05) is 0 Å². The summed E-state index contributed by atoms with van der Waals surface area (Å²) in [5, 5.41) is 2.09. The molecule has 68 valence electrons. The fourth-order valence-corrected chi connectivity index (χ4v) is 1.92. The Morgan fingerprint density at radius 2 is 2.17 bits per heavy atom. The highest BCUT2D eigenvalue weighted by molar-refractivity contribution is 7.10. The Hall–Kier alpha value is -0.340. The van der Waals surface area contributed by atoms with Crippen molar-refractivity contribution in [3.63, 3.8) is 0 Å². The number of nitrogens with two attached hydrogens (primary N) is 1. The molecule has 1 atom stereocenters. The van der Waals surface area contributed by atoms with Crippen molar-refractivity contribution in [1.29, 1.82) is 0 Å². The van der Waals surface area contributed by atoms with Gasteiger partial charge in [0.15, 0.2) is 0 Å². The van der Waals surface area contributed by atoms with Gasteiger partial charge in [-0.2, -0.15) is 0 Å². The molecule has 0 saturated carbocycles. The van der Waals surface area contributed by atoms with Gasteiger partial charge in [-0.1, -0.05) is 19.9 Å². The van der Waals surface area contributed by atoms with E-state index in [1.165, 1.54) is 11.3 Å². The molecule has 0 aliphatic carbocycles. The first kappa shape index (κ1) is 9.75. The zero-order valence-corrected chi connectivity index (χ0v) is 8.60. The average molecular weight is 183 g/mol. The molecule has 0 bridgehead atoms. The monoisotopic (exact) mass is 183 g/mol. The van der Waals surface area contributed by atoms with Crippen molar-refractivity contribution in [1.82, 2.24) is 0 Å². The zero-order chi connectivity index (χ0) is 8.97. The Balaban J connectivity index is 2.34. The van der Waals surface area contributed by atoms with Gasteiger partial charge in [0.25, 0.3) is 0 Å². The van der Waals surface area contributed by atoms with Crippen LogP contribution in [-0.4, -0.2) is 0 Å². The third-order valence-electron chi connectivity index (χ3n) is 1.96. The summed E-state index contributed by atoms with van der Waals surface area (Å²) in [4.78, 5) is 1.32. The minimum atomic E-state index is 0.257. The predicted octanol–water partition coefficient (Wildman–Crippen LogP) is 3.18. The maximum absolute atomic E-state index is 6.00. The fourth-order valence-electron chi connectivity index (χ4n) is 1.16. The highest BCUT2D eigenvalue weighted by Gasteiger charge is 2.06. The van der Waals surface area contributed by atoms with Gasteiger partial charge in [-0.3, -0.25) is 0 Å². The van der Waals surface area contributed by atoms with E-state index in [1.54, 1.807) is 11.3 Å². The standard InChI is InChI=1S/C10H17NS/c1-8(2)5-6-9(11)10-4-3-7-12-10/h3-4,7-9H,5-6,11H2,1-2H3. The van der Waals surface area contributed by atoms with Crippen molar-refractivity contribution in [2.75, 3.05) is 0 Å². The molecule has 0 radical (unpaired) electrons. The quantitative estimate of drug-likeness (QED) is 0.762. The molecular weight excluding hydrogens is 166 g/mol. The van der Waals surface area contributed by atoms with Gasteiger partial charge in [0.1, 0.15) is 0 Å². The summed E-state index contributed by atoms with van der Waals surface area (Å²) in [5.74, 6) is 0.760. The lowest BCUT2D eigenvalue weighted by Crippen LogP contribution is -2.09. The molecule has 1 aromatic rings. The van der Waals surface area contributed by atoms with Crippen LogP contribution in [0.5, 0.6) is 0 Å². The molecule has 1 aromatic heterocycles. The Labute approximate surface area is 78.6 Å².